The van der Waals surface area contributed by atoms with Crippen molar-refractivity contribution >= 4 is 23.4 Å². The number of amides is 2. The van der Waals surface area contributed by atoms with Gasteiger partial charge in [-0.1, -0.05) is 73.9 Å². The van der Waals surface area contributed by atoms with E-state index in [1.54, 1.807) is 18.2 Å². The number of carbonyl (C=O) groups excluding carboxylic acids is 4. The molecule has 2 amide bonds. The number of hydrogen-bond donors (Lipinski definition) is 4. The van der Waals surface area contributed by atoms with Gasteiger partial charge in [-0.05, 0) is 30.9 Å². The highest BCUT2D eigenvalue weighted by Gasteiger charge is 2.59. The minimum atomic E-state index is -1.60. The van der Waals surface area contributed by atoms with Crippen molar-refractivity contribution in [3.63, 3.8) is 0 Å². The number of allylic oxidation sites excluding steroid dienone is 11. The lowest BCUT2D eigenvalue weighted by Gasteiger charge is -2.23. The topological polar surface area (TPSA) is 145 Å². The van der Waals surface area contributed by atoms with Crippen LogP contribution in [0.4, 0.5) is 0 Å². The Labute approximate surface area is 233 Å². The number of ketones is 2. The Balaban J connectivity index is 1.27. The molecule has 3 aliphatic carbocycles. The fraction of sp³-hybridized carbons (Fsp3) is 0.355. The first-order valence-corrected chi connectivity index (χ1v) is 13.5. The van der Waals surface area contributed by atoms with E-state index in [2.05, 4.69) is 16.7 Å². The standard InChI is InChI=1S/C31H34N2O7/c34-23-17-18-24(35)27(23)33-26(37)16-10-3-4-11-19-31(39)20-22(28(38)29-30(31)40-29)32-25(36)15-9-2-1-6-12-21-13-7-5-8-14-21/h1-4,6,9-12,15-16,19-21,29-30,34,39H,5,7-8,13-14,17-18H2,(H,32,36)(H,33,37)/b2-1+,4-3+,12-6+,15-9+,16-10+,19-11+. The third kappa shape index (κ3) is 7.74. The van der Waals surface area contributed by atoms with Crippen LogP contribution < -0.4 is 10.6 Å². The lowest BCUT2D eigenvalue weighted by atomic mass is 9.88. The number of epoxide rings is 1. The largest absolute Gasteiger partial charge is 0.510 e. The van der Waals surface area contributed by atoms with E-state index in [0.717, 1.165) is 0 Å². The quantitative estimate of drug-likeness (QED) is 0.187. The molecular weight excluding hydrogens is 512 g/mol. The van der Waals surface area contributed by atoms with E-state index in [1.807, 2.05) is 12.2 Å². The van der Waals surface area contributed by atoms with E-state index < -0.39 is 35.4 Å². The molecular formula is C31H34N2O7. The molecule has 9 nitrogen and oxygen atoms in total. The summed E-state index contributed by atoms with van der Waals surface area (Å²) < 4.78 is 5.35. The number of fused-ring (bicyclic) bond motifs is 1. The van der Waals surface area contributed by atoms with Gasteiger partial charge in [0.2, 0.25) is 17.6 Å². The summed E-state index contributed by atoms with van der Waals surface area (Å²) in [5.41, 5.74) is -1.72. The molecule has 3 unspecified atom stereocenters. The van der Waals surface area contributed by atoms with Gasteiger partial charge in [0, 0.05) is 25.0 Å². The Bertz CT molecular complexity index is 1270. The second kappa shape index (κ2) is 13.3. The van der Waals surface area contributed by atoms with Gasteiger partial charge in [0.15, 0.2) is 11.9 Å². The van der Waals surface area contributed by atoms with E-state index in [0.29, 0.717) is 5.92 Å². The van der Waals surface area contributed by atoms with Crippen LogP contribution in [-0.2, 0) is 23.9 Å². The maximum absolute atomic E-state index is 12.5. The van der Waals surface area contributed by atoms with Crippen LogP contribution in [0.5, 0.6) is 0 Å². The summed E-state index contributed by atoms with van der Waals surface area (Å²) in [6.45, 7) is 0. The second-order valence-corrected chi connectivity index (χ2v) is 10.1. The predicted molar refractivity (Wildman–Crippen MR) is 148 cm³/mol. The Hall–Kier alpha value is -4.08. The van der Waals surface area contributed by atoms with Crippen LogP contribution in [0.2, 0.25) is 0 Å². The molecule has 3 atom stereocenters. The van der Waals surface area contributed by atoms with Crippen LogP contribution >= 0.6 is 0 Å². The number of ether oxygens (including phenoxy) is 1. The number of hydrogen-bond acceptors (Lipinski definition) is 7. The Kier molecular flexibility index (Phi) is 9.63. The van der Waals surface area contributed by atoms with E-state index in [1.165, 1.54) is 74.6 Å². The minimum absolute atomic E-state index is 0.0405. The predicted octanol–water partition coefficient (Wildman–Crippen LogP) is 3.23. The summed E-state index contributed by atoms with van der Waals surface area (Å²) in [5.74, 6) is -1.28. The molecule has 4 rings (SSSR count). The third-order valence-corrected chi connectivity index (χ3v) is 7.07. The maximum atomic E-state index is 12.5. The van der Waals surface area contributed by atoms with Crippen molar-refractivity contribution in [2.45, 2.75) is 62.8 Å². The Morgan fingerprint density at radius 3 is 2.20 bits per heavy atom. The van der Waals surface area contributed by atoms with Gasteiger partial charge in [-0.15, -0.1) is 0 Å². The van der Waals surface area contributed by atoms with Crippen molar-refractivity contribution in [2.75, 3.05) is 0 Å². The molecule has 40 heavy (non-hydrogen) atoms. The molecule has 0 aromatic carbocycles. The number of rotatable bonds is 10. The molecule has 1 heterocycles. The zero-order chi connectivity index (χ0) is 28.5. The van der Waals surface area contributed by atoms with E-state index >= 15 is 0 Å². The van der Waals surface area contributed by atoms with Crippen molar-refractivity contribution in [1.29, 1.82) is 0 Å². The molecule has 4 aliphatic rings. The maximum Gasteiger partial charge on any atom is 0.248 e. The first-order chi connectivity index (χ1) is 19.3. The van der Waals surface area contributed by atoms with Gasteiger partial charge >= 0.3 is 0 Å². The van der Waals surface area contributed by atoms with Crippen molar-refractivity contribution < 1.29 is 34.1 Å². The minimum Gasteiger partial charge on any atom is -0.510 e. The van der Waals surface area contributed by atoms with Gasteiger partial charge in [-0.25, -0.2) is 0 Å². The SMILES string of the molecule is O=C(/C=C/C=C/C=C/C1CCCCC1)NC1=CC(O)(/C=C/C=C/C=C/C(=O)NC2=C(O)CCC2=O)C2OC2C1=O. The zero-order valence-corrected chi connectivity index (χ0v) is 22.1. The van der Waals surface area contributed by atoms with Crippen LogP contribution in [0.15, 0.2) is 96.1 Å². The number of Topliss-reactive ketones (excluding diaryl/α,β-unsaturated/α-hetero) is 2. The number of carbonyl (C=O) groups is 4. The molecule has 1 saturated heterocycles. The van der Waals surface area contributed by atoms with E-state index in [-0.39, 0.29) is 35.8 Å². The van der Waals surface area contributed by atoms with Crippen molar-refractivity contribution in [3.8, 4) is 0 Å². The van der Waals surface area contributed by atoms with Crippen LogP contribution in [0.25, 0.3) is 0 Å². The third-order valence-electron chi connectivity index (χ3n) is 7.07. The highest BCUT2D eigenvalue weighted by atomic mass is 16.6. The van der Waals surface area contributed by atoms with E-state index in [4.69, 9.17) is 4.74 Å². The molecule has 0 spiro atoms. The lowest BCUT2D eigenvalue weighted by molar-refractivity contribution is -0.121. The monoisotopic (exact) mass is 546 g/mol. The molecule has 2 fully saturated rings. The fourth-order valence-electron chi connectivity index (χ4n) is 4.87. The van der Waals surface area contributed by atoms with Crippen molar-refractivity contribution in [1.82, 2.24) is 10.6 Å². The average Bonchev–Trinajstić information content (AvgIpc) is 3.70. The van der Waals surface area contributed by atoms with Gasteiger partial charge in [0.05, 0.1) is 5.70 Å². The molecule has 0 bridgehead atoms. The highest BCUT2D eigenvalue weighted by Crippen LogP contribution is 2.40. The normalized spacial score (nSPS) is 27.7. The van der Waals surface area contributed by atoms with E-state index in [9.17, 15) is 29.4 Å². The summed E-state index contributed by atoms with van der Waals surface area (Å²) in [7, 11) is 0. The highest BCUT2D eigenvalue weighted by molar-refractivity contribution is 6.06. The number of aliphatic hydroxyl groups excluding tert-OH is 1. The molecule has 1 aliphatic heterocycles. The number of aliphatic hydroxyl groups is 2. The molecule has 210 valence electrons. The Morgan fingerprint density at radius 2 is 1.52 bits per heavy atom. The molecule has 0 aromatic heterocycles. The zero-order valence-electron chi connectivity index (χ0n) is 22.1. The number of nitrogens with one attached hydrogen (secondary N) is 2. The fourth-order valence-corrected chi connectivity index (χ4v) is 4.87. The van der Waals surface area contributed by atoms with Crippen LogP contribution in [0.1, 0.15) is 44.9 Å². The molecule has 0 aromatic rings. The smallest absolute Gasteiger partial charge is 0.248 e. The lowest BCUT2D eigenvalue weighted by Crippen LogP contribution is -2.42. The summed E-state index contributed by atoms with van der Waals surface area (Å²) in [5, 5.41) is 25.5. The molecule has 1 saturated carbocycles. The average molecular weight is 547 g/mol. The summed E-state index contributed by atoms with van der Waals surface area (Å²) >= 11 is 0. The van der Waals surface area contributed by atoms with Crippen LogP contribution in [0, 0.1) is 5.92 Å². The summed E-state index contributed by atoms with van der Waals surface area (Å²) in [6, 6.07) is 0. The molecule has 0 radical (unpaired) electrons. The second-order valence-electron chi connectivity index (χ2n) is 10.1. The van der Waals surface area contributed by atoms with Gasteiger partial charge < -0.3 is 25.6 Å². The Morgan fingerprint density at radius 1 is 0.875 bits per heavy atom. The van der Waals surface area contributed by atoms with Crippen molar-refractivity contribution in [2.24, 2.45) is 5.92 Å². The van der Waals surface area contributed by atoms with Crippen LogP contribution in [0.3, 0.4) is 0 Å². The summed E-state index contributed by atoms with van der Waals surface area (Å²) in [4.78, 5) is 48.3. The van der Waals surface area contributed by atoms with Crippen molar-refractivity contribution in [3.05, 3.63) is 96.1 Å². The van der Waals surface area contributed by atoms with Gasteiger partial charge in [0.25, 0.3) is 0 Å². The van der Waals surface area contributed by atoms with Crippen LogP contribution in [-0.4, -0.2) is 51.4 Å². The molecule has 9 heteroatoms. The summed E-state index contributed by atoms with van der Waals surface area (Å²) in [6.07, 6.45) is 25.7. The first-order valence-electron chi connectivity index (χ1n) is 13.5. The molecule has 4 N–H and O–H groups in total. The van der Waals surface area contributed by atoms with Gasteiger partial charge in [-0.2, -0.15) is 0 Å². The van der Waals surface area contributed by atoms with Gasteiger partial charge in [0.1, 0.15) is 23.2 Å². The first kappa shape index (κ1) is 28.9. The van der Waals surface area contributed by atoms with Gasteiger partial charge in [-0.3, -0.25) is 19.2 Å².